The van der Waals surface area contributed by atoms with Crippen LogP contribution in [0.25, 0.3) is 0 Å². The van der Waals surface area contributed by atoms with Crippen LogP contribution >= 0.6 is 27.5 Å². The molecule has 4 aliphatic carbocycles. The fourth-order valence-corrected chi connectivity index (χ4v) is 5.98. The predicted molar refractivity (Wildman–Crippen MR) is 104 cm³/mol. The fourth-order valence-electron chi connectivity index (χ4n) is 5.26. The van der Waals surface area contributed by atoms with Crippen LogP contribution in [0.4, 0.5) is 5.69 Å². The minimum Gasteiger partial charge on any atom is -0.325 e. The maximum Gasteiger partial charge on any atom is 0.233 e. The summed E-state index contributed by atoms with van der Waals surface area (Å²) in [6.07, 6.45) is 5.51. The number of anilines is 1. The van der Waals surface area contributed by atoms with Gasteiger partial charge in [-0.25, -0.2) is 0 Å². The van der Waals surface area contributed by atoms with Gasteiger partial charge >= 0.3 is 0 Å². The van der Waals surface area contributed by atoms with E-state index < -0.39 is 0 Å². The van der Waals surface area contributed by atoms with Crippen LogP contribution in [0.2, 0.25) is 5.02 Å². The molecular weight excluding hydrogens is 432 g/mol. The number of nitrogens with one attached hydrogen (secondary N) is 1. The molecule has 1 aromatic carbocycles. The number of halogens is 2. The monoisotopic (exact) mass is 448 g/mol. The Bertz CT molecular complexity index is 865. The van der Waals surface area contributed by atoms with Crippen molar-refractivity contribution in [2.24, 2.45) is 35.5 Å². The summed E-state index contributed by atoms with van der Waals surface area (Å²) in [6, 6.07) is 5.19. The normalized spacial score (nSPS) is 35.3. The summed E-state index contributed by atoms with van der Waals surface area (Å²) in [5, 5.41) is 3.17. The molecule has 140 valence electrons. The van der Waals surface area contributed by atoms with E-state index in [0.717, 1.165) is 10.9 Å². The van der Waals surface area contributed by atoms with Crippen molar-refractivity contribution in [3.8, 4) is 0 Å². The molecule has 7 heteroatoms. The molecule has 27 heavy (non-hydrogen) atoms. The molecule has 1 N–H and O–H groups in total. The summed E-state index contributed by atoms with van der Waals surface area (Å²) >= 11 is 9.44. The first-order chi connectivity index (χ1) is 13.0. The lowest BCUT2D eigenvalue weighted by atomic mass is 9.63. The SMILES string of the molecule is O=C(CCN1C(=O)[C@H]2[C@@H]3C=C[C@@H]([C@H]4C[C@H]34)[C@@H]2C1=O)Nc1ccc(Br)cc1Cl. The van der Waals surface area contributed by atoms with Crippen molar-refractivity contribution in [1.82, 2.24) is 4.90 Å². The van der Waals surface area contributed by atoms with Gasteiger partial charge in [0.25, 0.3) is 0 Å². The largest absolute Gasteiger partial charge is 0.325 e. The van der Waals surface area contributed by atoms with Crippen LogP contribution in [-0.2, 0) is 14.4 Å². The third kappa shape index (κ3) is 2.68. The van der Waals surface area contributed by atoms with Crippen LogP contribution in [0.1, 0.15) is 12.8 Å². The first kappa shape index (κ1) is 17.4. The zero-order valence-electron chi connectivity index (χ0n) is 14.4. The lowest BCUT2D eigenvalue weighted by Crippen LogP contribution is -2.40. The summed E-state index contributed by atoms with van der Waals surface area (Å²) in [5.74, 6) is 0.720. The van der Waals surface area contributed by atoms with Crippen molar-refractivity contribution in [3.63, 3.8) is 0 Å². The third-order valence-electron chi connectivity index (χ3n) is 6.52. The second-order valence-electron chi connectivity index (χ2n) is 7.91. The van der Waals surface area contributed by atoms with E-state index in [1.54, 1.807) is 18.2 Å². The Morgan fingerprint density at radius 3 is 2.37 bits per heavy atom. The number of imide groups is 1. The standard InChI is InChI=1S/C20H18BrClN2O3/c21-9-1-4-15(14(22)7-9)23-16(25)5-6-24-19(26)17-10-2-3-11(13-8-12(10)13)18(17)20(24)27/h1-4,7,10-13,17-18H,5-6,8H2,(H,23,25)/t10-,11+,12-,13-,17+,18+/m1/s1. The Balaban J connectivity index is 1.25. The van der Waals surface area contributed by atoms with Crippen molar-refractivity contribution in [3.05, 3.63) is 39.8 Å². The summed E-state index contributed by atoms with van der Waals surface area (Å²) in [6.45, 7) is 0.124. The molecule has 5 nitrogen and oxygen atoms in total. The van der Waals surface area contributed by atoms with Crippen molar-refractivity contribution in [1.29, 1.82) is 0 Å². The molecule has 1 heterocycles. The molecule has 2 bridgehead atoms. The van der Waals surface area contributed by atoms with Gasteiger partial charge in [-0.1, -0.05) is 39.7 Å². The molecule has 0 spiro atoms. The van der Waals surface area contributed by atoms with Gasteiger partial charge in [0, 0.05) is 17.4 Å². The van der Waals surface area contributed by atoms with Crippen LogP contribution in [-0.4, -0.2) is 29.2 Å². The summed E-state index contributed by atoms with van der Waals surface area (Å²) in [7, 11) is 0. The molecule has 0 unspecified atom stereocenters. The summed E-state index contributed by atoms with van der Waals surface area (Å²) in [5.41, 5.74) is 0.514. The Hall–Kier alpha value is -1.66. The van der Waals surface area contributed by atoms with Crippen molar-refractivity contribution in [2.45, 2.75) is 12.8 Å². The molecule has 3 fully saturated rings. The zero-order valence-corrected chi connectivity index (χ0v) is 16.7. The van der Waals surface area contributed by atoms with E-state index in [1.165, 1.54) is 4.90 Å². The maximum atomic E-state index is 12.9. The van der Waals surface area contributed by atoms with E-state index in [-0.39, 0.29) is 54.4 Å². The number of amides is 3. The van der Waals surface area contributed by atoms with Gasteiger partial charge in [0.1, 0.15) is 0 Å². The molecule has 6 atom stereocenters. The van der Waals surface area contributed by atoms with Gasteiger partial charge in [0.2, 0.25) is 17.7 Å². The Kier molecular flexibility index (Phi) is 3.99. The molecular formula is C20H18BrClN2O3. The Morgan fingerprint density at radius 1 is 1.15 bits per heavy atom. The third-order valence-corrected chi connectivity index (χ3v) is 7.33. The van der Waals surface area contributed by atoms with Crippen LogP contribution < -0.4 is 5.32 Å². The van der Waals surface area contributed by atoms with Crippen molar-refractivity contribution in [2.75, 3.05) is 11.9 Å². The minimum atomic E-state index is -0.265. The number of nitrogens with zero attached hydrogens (tertiary/aromatic N) is 1. The summed E-state index contributed by atoms with van der Waals surface area (Å²) in [4.78, 5) is 39.4. The highest BCUT2D eigenvalue weighted by atomic mass is 79.9. The van der Waals surface area contributed by atoms with Crippen LogP contribution in [0, 0.1) is 35.5 Å². The van der Waals surface area contributed by atoms with Crippen LogP contribution in [0.15, 0.2) is 34.8 Å². The first-order valence-electron chi connectivity index (χ1n) is 9.24. The van der Waals surface area contributed by atoms with Gasteiger partial charge in [0.05, 0.1) is 22.5 Å². The van der Waals surface area contributed by atoms with Gasteiger partial charge in [-0.15, -0.1) is 0 Å². The molecule has 6 rings (SSSR count). The quantitative estimate of drug-likeness (QED) is 0.565. The number of hydrogen-bond donors (Lipinski definition) is 1. The molecule has 0 aromatic heterocycles. The van der Waals surface area contributed by atoms with E-state index in [9.17, 15) is 14.4 Å². The number of rotatable bonds is 4. The number of hydrogen-bond acceptors (Lipinski definition) is 3. The van der Waals surface area contributed by atoms with Gasteiger partial charge in [-0.05, 0) is 48.3 Å². The molecule has 1 saturated heterocycles. The van der Waals surface area contributed by atoms with Gasteiger partial charge in [0.15, 0.2) is 0 Å². The molecule has 3 amide bonds. The number of likely N-dealkylation sites (tertiary alicyclic amines) is 1. The zero-order chi connectivity index (χ0) is 18.9. The number of carbonyl (C=O) groups is 3. The highest BCUT2D eigenvalue weighted by Gasteiger charge is 2.66. The lowest BCUT2D eigenvalue weighted by molar-refractivity contribution is -0.140. The van der Waals surface area contributed by atoms with Crippen molar-refractivity contribution < 1.29 is 14.4 Å². The smallest absolute Gasteiger partial charge is 0.233 e. The topological polar surface area (TPSA) is 66.5 Å². The fraction of sp³-hybridized carbons (Fsp3) is 0.450. The van der Waals surface area contributed by atoms with Gasteiger partial charge < -0.3 is 5.32 Å². The van der Waals surface area contributed by atoms with E-state index >= 15 is 0 Å². The molecule has 1 aromatic rings. The minimum absolute atomic E-state index is 0.0684. The summed E-state index contributed by atoms with van der Waals surface area (Å²) < 4.78 is 0.822. The number of allylic oxidation sites excluding steroid dienone is 2. The van der Waals surface area contributed by atoms with E-state index in [1.807, 2.05) is 0 Å². The Labute approximate surface area is 170 Å². The van der Waals surface area contributed by atoms with E-state index in [0.29, 0.717) is 22.5 Å². The lowest BCUT2D eigenvalue weighted by Gasteiger charge is -2.37. The first-order valence-corrected chi connectivity index (χ1v) is 10.4. The van der Waals surface area contributed by atoms with E-state index in [2.05, 4.69) is 33.4 Å². The van der Waals surface area contributed by atoms with Crippen molar-refractivity contribution >= 4 is 50.9 Å². The Morgan fingerprint density at radius 2 is 1.78 bits per heavy atom. The highest BCUT2D eigenvalue weighted by molar-refractivity contribution is 9.10. The number of benzene rings is 1. The van der Waals surface area contributed by atoms with E-state index in [4.69, 9.17) is 11.6 Å². The van der Waals surface area contributed by atoms with Gasteiger partial charge in [-0.3, -0.25) is 19.3 Å². The predicted octanol–water partition coefficient (Wildman–Crippen LogP) is 3.48. The second kappa shape index (κ2) is 6.17. The van der Waals surface area contributed by atoms with Gasteiger partial charge in [-0.2, -0.15) is 0 Å². The van der Waals surface area contributed by atoms with Crippen LogP contribution in [0.3, 0.4) is 0 Å². The number of carbonyl (C=O) groups excluding carboxylic acids is 3. The highest BCUT2D eigenvalue weighted by Crippen LogP contribution is 2.65. The molecule has 2 saturated carbocycles. The maximum absolute atomic E-state index is 12.9. The van der Waals surface area contributed by atoms with Crippen LogP contribution in [0.5, 0.6) is 0 Å². The molecule has 5 aliphatic rings. The molecule has 0 radical (unpaired) electrons. The molecule has 1 aliphatic heterocycles. The second-order valence-corrected chi connectivity index (χ2v) is 9.23. The average molecular weight is 450 g/mol. The average Bonchev–Trinajstić information content (AvgIpc) is 3.41.